The molecule has 0 bridgehead atoms. The Kier molecular flexibility index (Phi) is 5.61. The molecule has 0 spiro atoms. The summed E-state index contributed by atoms with van der Waals surface area (Å²) in [6, 6.07) is 61.3. The number of para-hydroxylation sites is 3. The summed E-state index contributed by atoms with van der Waals surface area (Å²) in [7, 11) is 0. The van der Waals surface area contributed by atoms with Crippen molar-refractivity contribution in [2.45, 2.75) is 0 Å². The number of aromatic nitrogens is 2. The zero-order valence-corrected chi connectivity index (χ0v) is 25.6. The number of nitrogens with zero attached hydrogens (tertiary/aromatic N) is 2. The molecule has 0 atom stereocenters. The first-order valence-corrected chi connectivity index (χ1v) is 16.1. The molecule has 218 valence electrons. The summed E-state index contributed by atoms with van der Waals surface area (Å²) in [6.07, 6.45) is 0. The highest BCUT2D eigenvalue weighted by Gasteiger charge is 2.20. The Morgan fingerprint density at radius 1 is 0.383 bits per heavy atom. The van der Waals surface area contributed by atoms with Gasteiger partial charge in [-0.25, -0.2) is 4.98 Å². The lowest BCUT2D eigenvalue weighted by molar-refractivity contribution is 1.18. The molecular formula is C45H28N2. The minimum Gasteiger partial charge on any atom is -0.309 e. The fourth-order valence-electron chi connectivity index (χ4n) is 7.70. The van der Waals surface area contributed by atoms with E-state index in [9.17, 15) is 0 Å². The predicted molar refractivity (Wildman–Crippen MR) is 199 cm³/mol. The molecule has 2 heteroatoms. The summed E-state index contributed by atoms with van der Waals surface area (Å²) >= 11 is 0. The molecule has 0 radical (unpaired) electrons. The molecule has 2 nitrogen and oxygen atoms in total. The van der Waals surface area contributed by atoms with Gasteiger partial charge in [-0.2, -0.15) is 0 Å². The molecule has 0 saturated heterocycles. The summed E-state index contributed by atoms with van der Waals surface area (Å²) in [5.74, 6) is 0. The third-order valence-electron chi connectivity index (χ3n) is 9.73. The van der Waals surface area contributed by atoms with Crippen LogP contribution in [-0.4, -0.2) is 9.55 Å². The predicted octanol–water partition coefficient (Wildman–Crippen LogP) is 12.1. The van der Waals surface area contributed by atoms with Crippen LogP contribution >= 0.6 is 0 Å². The van der Waals surface area contributed by atoms with Crippen LogP contribution in [0.25, 0.3) is 93.1 Å². The highest BCUT2D eigenvalue weighted by Crippen LogP contribution is 2.43. The first-order valence-electron chi connectivity index (χ1n) is 16.1. The van der Waals surface area contributed by atoms with Crippen molar-refractivity contribution in [1.82, 2.24) is 9.55 Å². The summed E-state index contributed by atoms with van der Waals surface area (Å²) in [5, 5.41) is 11.1. The van der Waals surface area contributed by atoms with Gasteiger partial charge < -0.3 is 4.57 Å². The van der Waals surface area contributed by atoms with E-state index < -0.39 is 0 Å². The van der Waals surface area contributed by atoms with Gasteiger partial charge in [0.1, 0.15) is 0 Å². The second kappa shape index (κ2) is 10.1. The van der Waals surface area contributed by atoms with Gasteiger partial charge in [0, 0.05) is 32.8 Å². The molecule has 8 aromatic carbocycles. The van der Waals surface area contributed by atoms with E-state index in [0.29, 0.717) is 0 Å². The molecule has 10 rings (SSSR count). The molecule has 2 aromatic heterocycles. The number of hydrogen-bond acceptors (Lipinski definition) is 1. The summed E-state index contributed by atoms with van der Waals surface area (Å²) < 4.78 is 2.39. The highest BCUT2D eigenvalue weighted by atomic mass is 15.0. The van der Waals surface area contributed by atoms with Crippen molar-refractivity contribution in [3.05, 3.63) is 170 Å². The highest BCUT2D eigenvalue weighted by molar-refractivity contribution is 6.28. The molecule has 0 unspecified atom stereocenters. The third-order valence-corrected chi connectivity index (χ3v) is 9.73. The van der Waals surface area contributed by atoms with E-state index in [1.807, 2.05) is 0 Å². The van der Waals surface area contributed by atoms with Gasteiger partial charge >= 0.3 is 0 Å². The number of fused-ring (bicyclic) bond motifs is 10. The van der Waals surface area contributed by atoms with E-state index in [1.165, 1.54) is 70.6 Å². The maximum absolute atomic E-state index is 5.45. The monoisotopic (exact) mass is 596 g/mol. The van der Waals surface area contributed by atoms with Crippen LogP contribution < -0.4 is 0 Å². The molecule has 0 aliphatic heterocycles. The first kappa shape index (κ1) is 26.0. The minimum absolute atomic E-state index is 1.00. The van der Waals surface area contributed by atoms with Crippen LogP contribution in [0.4, 0.5) is 0 Å². The molecule has 0 aliphatic carbocycles. The summed E-state index contributed by atoms with van der Waals surface area (Å²) in [4.78, 5) is 5.45. The molecule has 0 N–H and O–H groups in total. The molecule has 0 amide bonds. The zero-order chi connectivity index (χ0) is 30.9. The van der Waals surface area contributed by atoms with Gasteiger partial charge in [0.05, 0.1) is 22.2 Å². The fraction of sp³-hybridized carbons (Fsp3) is 0. The molecule has 0 fully saturated rings. The van der Waals surface area contributed by atoms with Crippen molar-refractivity contribution in [1.29, 1.82) is 0 Å². The van der Waals surface area contributed by atoms with Gasteiger partial charge in [-0.1, -0.05) is 127 Å². The van der Waals surface area contributed by atoms with E-state index in [1.54, 1.807) is 0 Å². The second-order valence-electron chi connectivity index (χ2n) is 12.3. The zero-order valence-electron chi connectivity index (χ0n) is 25.6. The molecule has 0 aliphatic rings. The number of pyridine rings is 1. The van der Waals surface area contributed by atoms with Crippen molar-refractivity contribution in [2.24, 2.45) is 0 Å². The van der Waals surface area contributed by atoms with Crippen molar-refractivity contribution >= 4 is 65.0 Å². The van der Waals surface area contributed by atoms with Crippen molar-refractivity contribution in [3.8, 4) is 28.1 Å². The van der Waals surface area contributed by atoms with Crippen LogP contribution in [0.2, 0.25) is 0 Å². The Balaban J connectivity index is 1.32. The summed E-state index contributed by atoms with van der Waals surface area (Å²) in [5.41, 5.74) is 9.06. The lowest BCUT2D eigenvalue weighted by atomic mass is 9.91. The maximum Gasteiger partial charge on any atom is 0.0795 e. The summed E-state index contributed by atoms with van der Waals surface area (Å²) in [6.45, 7) is 0. The van der Waals surface area contributed by atoms with Gasteiger partial charge in [0.15, 0.2) is 0 Å². The molecular weight excluding hydrogens is 569 g/mol. The number of hydrogen-bond donors (Lipinski definition) is 0. The topological polar surface area (TPSA) is 17.8 Å². The quantitative estimate of drug-likeness (QED) is 0.186. The largest absolute Gasteiger partial charge is 0.309 e. The van der Waals surface area contributed by atoms with E-state index in [-0.39, 0.29) is 0 Å². The van der Waals surface area contributed by atoms with Crippen LogP contribution in [0.5, 0.6) is 0 Å². The lowest BCUT2D eigenvalue weighted by Gasteiger charge is -2.15. The smallest absolute Gasteiger partial charge is 0.0795 e. The fourth-order valence-corrected chi connectivity index (χ4v) is 7.70. The Labute approximate surface area is 271 Å². The van der Waals surface area contributed by atoms with Crippen LogP contribution in [0.15, 0.2) is 170 Å². The van der Waals surface area contributed by atoms with Crippen LogP contribution in [0.3, 0.4) is 0 Å². The van der Waals surface area contributed by atoms with Gasteiger partial charge in [0.2, 0.25) is 0 Å². The second-order valence-corrected chi connectivity index (χ2v) is 12.3. The van der Waals surface area contributed by atoms with E-state index in [0.717, 1.165) is 22.5 Å². The normalized spacial score (nSPS) is 11.8. The van der Waals surface area contributed by atoms with Gasteiger partial charge in [-0.3, -0.25) is 0 Å². The standard InChI is InChI=1S/C45H28N2/c1-2-16-32(17-3-1)47-41-24-11-9-22-38(41)43-42(47)26-25-37-36-21-8-10-23-40(36)46-45(44(37)43)31-15-12-14-29(27-31)39-28-30-13-4-5-18-33(30)34-19-6-7-20-35(34)39/h1-28H. The molecule has 10 aromatic rings. The Hall–Kier alpha value is -6.25. The van der Waals surface area contributed by atoms with Crippen LogP contribution in [-0.2, 0) is 0 Å². The average molecular weight is 597 g/mol. The third kappa shape index (κ3) is 3.89. The molecule has 0 saturated carbocycles. The Morgan fingerprint density at radius 2 is 1.06 bits per heavy atom. The van der Waals surface area contributed by atoms with E-state index in [2.05, 4.69) is 174 Å². The van der Waals surface area contributed by atoms with Gasteiger partial charge in [0.25, 0.3) is 0 Å². The number of benzene rings is 8. The average Bonchev–Trinajstić information content (AvgIpc) is 3.49. The van der Waals surface area contributed by atoms with Gasteiger partial charge in [-0.15, -0.1) is 0 Å². The van der Waals surface area contributed by atoms with E-state index in [4.69, 9.17) is 4.98 Å². The lowest BCUT2D eigenvalue weighted by Crippen LogP contribution is -1.94. The van der Waals surface area contributed by atoms with Gasteiger partial charge in [-0.05, 0) is 80.5 Å². The van der Waals surface area contributed by atoms with Crippen molar-refractivity contribution in [3.63, 3.8) is 0 Å². The van der Waals surface area contributed by atoms with Crippen LogP contribution in [0.1, 0.15) is 0 Å². The molecule has 2 heterocycles. The molecule has 47 heavy (non-hydrogen) atoms. The minimum atomic E-state index is 1.00. The van der Waals surface area contributed by atoms with Crippen molar-refractivity contribution < 1.29 is 0 Å². The van der Waals surface area contributed by atoms with Crippen LogP contribution in [0, 0.1) is 0 Å². The maximum atomic E-state index is 5.45. The first-order chi connectivity index (χ1) is 23.3. The Morgan fingerprint density at radius 3 is 1.94 bits per heavy atom. The number of rotatable bonds is 3. The van der Waals surface area contributed by atoms with Crippen molar-refractivity contribution in [2.75, 3.05) is 0 Å². The Bertz CT molecular complexity index is 2840. The van der Waals surface area contributed by atoms with E-state index >= 15 is 0 Å². The SMILES string of the molecule is c1ccc(-n2c3ccccc3c3c4c(-c5cccc(-c6cc7ccccc7c7ccccc67)c5)nc5ccccc5c4ccc32)cc1.